The third kappa shape index (κ3) is 6.84. The summed E-state index contributed by atoms with van der Waals surface area (Å²) in [5, 5.41) is 0. The number of hydrogen-bond donors (Lipinski definition) is 0. The van der Waals surface area contributed by atoms with Gasteiger partial charge in [0.2, 0.25) is 0 Å². The van der Waals surface area contributed by atoms with E-state index in [2.05, 4.69) is 6.92 Å². The fourth-order valence-electron chi connectivity index (χ4n) is 3.43. The van der Waals surface area contributed by atoms with Crippen molar-refractivity contribution in [3.63, 3.8) is 0 Å². The molecule has 1 fully saturated rings. The number of rotatable bonds is 12. The number of benzene rings is 2. The quantitative estimate of drug-likeness (QED) is 0.186. The lowest BCUT2D eigenvalue weighted by Crippen LogP contribution is -2.27. The van der Waals surface area contributed by atoms with Gasteiger partial charge in [-0.25, -0.2) is 0 Å². The summed E-state index contributed by atoms with van der Waals surface area (Å²) < 4.78 is 11.9. The molecule has 6 heteroatoms. The van der Waals surface area contributed by atoms with E-state index in [1.54, 1.807) is 4.90 Å². The van der Waals surface area contributed by atoms with Gasteiger partial charge in [-0.05, 0) is 61.4 Å². The van der Waals surface area contributed by atoms with Crippen LogP contribution in [-0.4, -0.2) is 23.4 Å². The van der Waals surface area contributed by atoms with Crippen molar-refractivity contribution in [1.29, 1.82) is 0 Å². The lowest BCUT2D eigenvalue weighted by atomic mass is 10.1. The highest BCUT2D eigenvalue weighted by Crippen LogP contribution is 2.36. The number of thioether (sulfide) groups is 1. The molecule has 0 spiro atoms. The number of amides is 1. The van der Waals surface area contributed by atoms with E-state index in [0.717, 1.165) is 35.8 Å². The maximum absolute atomic E-state index is 13.0. The Morgan fingerprint density at radius 2 is 1.50 bits per heavy atom. The Kier molecular flexibility index (Phi) is 9.62. The molecule has 1 amide bonds. The van der Waals surface area contributed by atoms with Crippen molar-refractivity contribution in [3.05, 3.63) is 59.0 Å². The molecule has 1 aliphatic heterocycles. The van der Waals surface area contributed by atoms with E-state index in [-0.39, 0.29) is 5.91 Å². The number of thiocarbonyl (C=S) groups is 1. The zero-order valence-electron chi connectivity index (χ0n) is 18.8. The topological polar surface area (TPSA) is 38.8 Å². The minimum absolute atomic E-state index is 0.104. The fourth-order valence-corrected chi connectivity index (χ4v) is 4.73. The third-order valence-electron chi connectivity index (χ3n) is 5.14. The summed E-state index contributed by atoms with van der Waals surface area (Å²) in [6, 6.07) is 15.3. The summed E-state index contributed by atoms with van der Waals surface area (Å²) in [6.07, 6.45) is 9.37. The van der Waals surface area contributed by atoms with Gasteiger partial charge >= 0.3 is 0 Å². The number of carbonyl (C=O) groups is 1. The van der Waals surface area contributed by atoms with Crippen LogP contribution in [0.1, 0.15) is 57.9 Å². The molecule has 170 valence electrons. The van der Waals surface area contributed by atoms with E-state index in [0.29, 0.717) is 15.8 Å². The first kappa shape index (κ1) is 24.3. The first-order chi connectivity index (χ1) is 15.6. The Balaban J connectivity index is 1.55. The average molecular weight is 470 g/mol. The standard InChI is InChI=1S/C26H31NO3S2/c1-3-5-6-7-8-9-18-30-23-14-10-20(11-15-23)19-24-25(28)27(26(31)32-24)21-12-16-22(17-13-21)29-4-2/h10-17,19H,3-9,18H2,1-2H3/b24-19-. The predicted octanol–water partition coefficient (Wildman–Crippen LogP) is 7.23. The van der Waals surface area contributed by atoms with E-state index in [1.807, 2.05) is 61.5 Å². The molecule has 0 radical (unpaired) electrons. The third-order valence-corrected chi connectivity index (χ3v) is 6.45. The molecule has 1 aliphatic rings. The van der Waals surface area contributed by atoms with Crippen LogP contribution in [0.15, 0.2) is 53.4 Å². The van der Waals surface area contributed by atoms with Crippen LogP contribution in [0.5, 0.6) is 11.5 Å². The molecule has 0 bridgehead atoms. The minimum Gasteiger partial charge on any atom is -0.494 e. The van der Waals surface area contributed by atoms with Crippen LogP contribution in [0.25, 0.3) is 6.08 Å². The van der Waals surface area contributed by atoms with Crippen LogP contribution < -0.4 is 14.4 Å². The van der Waals surface area contributed by atoms with E-state index in [4.69, 9.17) is 21.7 Å². The molecule has 0 saturated carbocycles. The van der Waals surface area contributed by atoms with Crippen LogP contribution in [0.4, 0.5) is 5.69 Å². The average Bonchev–Trinajstić information content (AvgIpc) is 3.08. The van der Waals surface area contributed by atoms with Crippen molar-refractivity contribution >= 4 is 46.0 Å². The van der Waals surface area contributed by atoms with Crippen LogP contribution in [0, 0.1) is 0 Å². The highest BCUT2D eigenvalue weighted by Gasteiger charge is 2.33. The number of hydrogen-bond acceptors (Lipinski definition) is 5. The molecule has 1 heterocycles. The van der Waals surface area contributed by atoms with Gasteiger partial charge in [0.15, 0.2) is 4.32 Å². The smallest absolute Gasteiger partial charge is 0.270 e. The van der Waals surface area contributed by atoms with Crippen LogP contribution >= 0.6 is 24.0 Å². The molecule has 0 aliphatic carbocycles. The maximum Gasteiger partial charge on any atom is 0.270 e. The summed E-state index contributed by atoms with van der Waals surface area (Å²) in [7, 11) is 0. The zero-order chi connectivity index (χ0) is 22.8. The lowest BCUT2D eigenvalue weighted by molar-refractivity contribution is -0.113. The van der Waals surface area contributed by atoms with E-state index in [1.165, 1.54) is 43.9 Å². The fraction of sp³-hybridized carbons (Fsp3) is 0.385. The Bertz CT molecular complexity index is 923. The number of unbranched alkanes of at least 4 members (excludes halogenated alkanes) is 5. The molecule has 32 heavy (non-hydrogen) atoms. The first-order valence-corrected chi connectivity index (χ1v) is 12.6. The monoisotopic (exact) mass is 469 g/mol. The SMILES string of the molecule is CCCCCCCCOc1ccc(/C=C2\SC(=S)N(c3ccc(OCC)cc3)C2=O)cc1. The van der Waals surface area contributed by atoms with Crippen LogP contribution in [0.3, 0.4) is 0 Å². The van der Waals surface area contributed by atoms with Crippen LogP contribution in [0.2, 0.25) is 0 Å². The summed E-state index contributed by atoms with van der Waals surface area (Å²) in [4.78, 5) is 15.1. The second-order valence-electron chi connectivity index (χ2n) is 7.63. The molecule has 1 saturated heterocycles. The Hall–Kier alpha value is -2.31. The van der Waals surface area contributed by atoms with Gasteiger partial charge in [0.05, 0.1) is 23.8 Å². The minimum atomic E-state index is -0.104. The second-order valence-corrected chi connectivity index (χ2v) is 9.31. The predicted molar refractivity (Wildman–Crippen MR) is 139 cm³/mol. The van der Waals surface area contributed by atoms with Gasteiger partial charge in [0.25, 0.3) is 5.91 Å². The van der Waals surface area contributed by atoms with Gasteiger partial charge < -0.3 is 9.47 Å². The molecular formula is C26H31NO3S2. The highest BCUT2D eigenvalue weighted by molar-refractivity contribution is 8.27. The molecular weight excluding hydrogens is 438 g/mol. The van der Waals surface area contributed by atoms with E-state index >= 15 is 0 Å². The summed E-state index contributed by atoms with van der Waals surface area (Å²) in [5.74, 6) is 1.53. The van der Waals surface area contributed by atoms with Crippen molar-refractivity contribution in [1.82, 2.24) is 0 Å². The van der Waals surface area contributed by atoms with Crippen LogP contribution in [-0.2, 0) is 4.79 Å². The Labute approximate surface area is 201 Å². The van der Waals surface area contributed by atoms with Crippen molar-refractivity contribution < 1.29 is 14.3 Å². The molecule has 2 aromatic carbocycles. The number of anilines is 1. The molecule has 0 aromatic heterocycles. The van der Waals surface area contributed by atoms with Crippen molar-refractivity contribution in [2.45, 2.75) is 52.4 Å². The van der Waals surface area contributed by atoms with E-state index < -0.39 is 0 Å². The molecule has 4 nitrogen and oxygen atoms in total. The maximum atomic E-state index is 13.0. The van der Waals surface area contributed by atoms with Gasteiger partial charge in [-0.15, -0.1) is 0 Å². The van der Waals surface area contributed by atoms with E-state index in [9.17, 15) is 4.79 Å². The molecule has 3 rings (SSSR count). The van der Waals surface area contributed by atoms with Gasteiger partial charge in [0, 0.05) is 0 Å². The molecule has 2 aromatic rings. The Morgan fingerprint density at radius 3 is 2.19 bits per heavy atom. The summed E-state index contributed by atoms with van der Waals surface area (Å²) in [6.45, 7) is 5.52. The van der Waals surface area contributed by atoms with Crippen molar-refractivity contribution in [2.75, 3.05) is 18.1 Å². The normalized spacial score (nSPS) is 14.9. The summed E-state index contributed by atoms with van der Waals surface area (Å²) in [5.41, 5.74) is 1.70. The lowest BCUT2D eigenvalue weighted by Gasteiger charge is -2.15. The van der Waals surface area contributed by atoms with Gasteiger partial charge in [0.1, 0.15) is 11.5 Å². The van der Waals surface area contributed by atoms with Gasteiger partial charge in [-0.3, -0.25) is 9.69 Å². The first-order valence-electron chi connectivity index (χ1n) is 11.4. The highest BCUT2D eigenvalue weighted by atomic mass is 32.2. The molecule has 0 N–H and O–H groups in total. The second kappa shape index (κ2) is 12.7. The molecule has 0 unspecified atom stereocenters. The number of nitrogens with zero attached hydrogens (tertiary/aromatic N) is 1. The largest absolute Gasteiger partial charge is 0.494 e. The Morgan fingerprint density at radius 1 is 0.875 bits per heavy atom. The number of ether oxygens (including phenoxy) is 2. The van der Waals surface area contributed by atoms with Crippen molar-refractivity contribution in [3.8, 4) is 11.5 Å². The zero-order valence-corrected chi connectivity index (χ0v) is 20.5. The molecule has 0 atom stereocenters. The van der Waals surface area contributed by atoms with Gasteiger partial charge in [-0.2, -0.15) is 0 Å². The summed E-state index contributed by atoms with van der Waals surface area (Å²) >= 11 is 6.79. The number of carbonyl (C=O) groups excluding carboxylic acids is 1. The van der Waals surface area contributed by atoms with Crippen molar-refractivity contribution in [2.24, 2.45) is 0 Å². The van der Waals surface area contributed by atoms with Gasteiger partial charge in [-0.1, -0.05) is 75.1 Å².